The highest BCUT2D eigenvalue weighted by Crippen LogP contribution is 2.38. The molecule has 440 valence electrons. The number of ether oxygens (including phenoxy) is 2. The highest BCUT2D eigenvalue weighted by molar-refractivity contribution is 7.45. The number of rotatable bonds is 61. The number of phosphoric acid groups is 1. The van der Waals surface area contributed by atoms with Crippen LogP contribution in [-0.2, 0) is 32.7 Å². The summed E-state index contributed by atoms with van der Waals surface area (Å²) in [4.78, 5) is 37.7. The summed E-state index contributed by atoms with van der Waals surface area (Å²) in [5, 5.41) is 0. The van der Waals surface area contributed by atoms with Crippen LogP contribution in [0.2, 0.25) is 0 Å². The summed E-state index contributed by atoms with van der Waals surface area (Å²) in [6.45, 7) is 4.26. The van der Waals surface area contributed by atoms with Crippen molar-refractivity contribution in [3.8, 4) is 0 Å². The van der Waals surface area contributed by atoms with Crippen LogP contribution in [0.25, 0.3) is 0 Å². The Hall–Kier alpha value is -1.25. The van der Waals surface area contributed by atoms with Gasteiger partial charge in [0, 0.05) is 12.8 Å². The molecule has 0 saturated heterocycles. The molecule has 2 unspecified atom stereocenters. The minimum atomic E-state index is -4.62. The third-order valence-electron chi connectivity index (χ3n) is 14.8. The number of carbonyl (C=O) groups is 2. The zero-order valence-electron chi connectivity index (χ0n) is 50.1. The van der Waals surface area contributed by atoms with E-state index in [1.807, 2.05) is 21.1 Å². The molecule has 10 heteroatoms. The minimum absolute atomic E-state index is 0.0261. The van der Waals surface area contributed by atoms with Gasteiger partial charge in [-0.25, -0.2) is 0 Å². The first kappa shape index (κ1) is 72.8. The molecule has 74 heavy (non-hydrogen) atoms. The quantitative estimate of drug-likeness (QED) is 0.0195. The molecule has 0 amide bonds. The molecule has 0 aromatic heterocycles. The van der Waals surface area contributed by atoms with Crippen molar-refractivity contribution in [1.82, 2.24) is 0 Å². The Bertz CT molecular complexity index is 1260. The number of quaternary nitrogens is 1. The van der Waals surface area contributed by atoms with Gasteiger partial charge in [-0.1, -0.05) is 296 Å². The first-order valence-corrected chi connectivity index (χ1v) is 33.9. The fourth-order valence-electron chi connectivity index (χ4n) is 9.77. The third kappa shape index (κ3) is 60.0. The Labute approximate surface area is 460 Å². The van der Waals surface area contributed by atoms with Crippen molar-refractivity contribution >= 4 is 19.8 Å². The number of phosphoric ester groups is 1. The summed E-state index contributed by atoms with van der Waals surface area (Å²) in [7, 11) is 1.19. The summed E-state index contributed by atoms with van der Waals surface area (Å²) in [5.74, 6) is -0.818. The lowest BCUT2D eigenvalue weighted by molar-refractivity contribution is -0.870. The monoisotopic (exact) mass is 1070 g/mol. The average Bonchev–Trinajstić information content (AvgIpc) is 3.36. The van der Waals surface area contributed by atoms with Crippen LogP contribution in [0, 0.1) is 0 Å². The number of unbranched alkanes of at least 4 members (excludes halogenated alkanes) is 45. The Morgan fingerprint density at radius 1 is 0.405 bits per heavy atom. The SMILES string of the molecule is CCCCCCCCCC/C=C\CCCCCCCCCCCCCCCCCCCCCCCCCCCCCCCC(=O)OC(COC(=O)CCCCCCCCCCC)COP(=O)([O-])OCC[N+](C)(C)C. The van der Waals surface area contributed by atoms with Gasteiger partial charge in [0.1, 0.15) is 19.8 Å². The molecule has 0 rings (SSSR count). The van der Waals surface area contributed by atoms with Crippen LogP contribution in [0.4, 0.5) is 0 Å². The number of likely N-dealkylation sites (N-methyl/N-ethyl adjacent to an activating group) is 1. The Kier molecular flexibility index (Phi) is 55.5. The molecule has 0 spiro atoms. The van der Waals surface area contributed by atoms with E-state index in [4.69, 9.17) is 18.5 Å². The van der Waals surface area contributed by atoms with E-state index in [9.17, 15) is 19.0 Å². The summed E-state index contributed by atoms with van der Waals surface area (Å²) >= 11 is 0. The molecule has 0 aliphatic carbocycles. The summed E-state index contributed by atoms with van der Waals surface area (Å²) < 4.78 is 34.0. The van der Waals surface area contributed by atoms with Crippen LogP contribution in [0.3, 0.4) is 0 Å². The van der Waals surface area contributed by atoms with E-state index in [1.54, 1.807) is 0 Å². The van der Waals surface area contributed by atoms with Crippen LogP contribution >= 0.6 is 7.82 Å². The standard InChI is InChI=1S/C64H126NO8P/c1-6-8-10-12-14-16-17-18-19-20-21-22-23-24-25-26-27-28-29-30-31-32-33-34-35-36-37-38-39-40-41-42-43-44-45-46-47-49-51-53-55-57-64(67)73-62(61-72-74(68,69)71-59-58-65(3,4)5)60-70-63(66)56-54-52-50-48-15-13-11-9-7-2/h20-21,62H,6-19,22-61H2,1-5H3/b21-20-. The van der Waals surface area contributed by atoms with Crippen LogP contribution in [0.1, 0.15) is 335 Å². The molecule has 0 heterocycles. The van der Waals surface area contributed by atoms with Gasteiger partial charge >= 0.3 is 11.9 Å². The van der Waals surface area contributed by atoms with Gasteiger partial charge in [-0.05, 0) is 38.5 Å². The molecular formula is C64H126NO8P. The van der Waals surface area contributed by atoms with Gasteiger partial charge in [-0.15, -0.1) is 0 Å². The lowest BCUT2D eigenvalue weighted by atomic mass is 10.0. The number of carbonyl (C=O) groups excluding carboxylic acids is 2. The molecule has 0 radical (unpaired) electrons. The zero-order chi connectivity index (χ0) is 54.2. The van der Waals surface area contributed by atoms with Gasteiger partial charge in [0.15, 0.2) is 6.10 Å². The maximum Gasteiger partial charge on any atom is 0.306 e. The smallest absolute Gasteiger partial charge is 0.306 e. The molecule has 0 saturated carbocycles. The van der Waals surface area contributed by atoms with E-state index in [0.29, 0.717) is 17.4 Å². The van der Waals surface area contributed by atoms with E-state index < -0.39 is 26.5 Å². The maximum atomic E-state index is 12.8. The largest absolute Gasteiger partial charge is 0.756 e. The number of allylic oxidation sites excluding steroid dienone is 2. The second-order valence-corrected chi connectivity index (χ2v) is 24.9. The Balaban J connectivity index is 3.74. The van der Waals surface area contributed by atoms with Crippen molar-refractivity contribution in [2.24, 2.45) is 0 Å². The van der Waals surface area contributed by atoms with Crippen molar-refractivity contribution in [2.75, 3.05) is 47.5 Å². The molecule has 9 nitrogen and oxygen atoms in total. The predicted molar refractivity (Wildman–Crippen MR) is 315 cm³/mol. The molecule has 0 aliphatic rings. The van der Waals surface area contributed by atoms with Crippen molar-refractivity contribution in [3.63, 3.8) is 0 Å². The highest BCUT2D eigenvalue weighted by atomic mass is 31.2. The first-order valence-electron chi connectivity index (χ1n) is 32.4. The van der Waals surface area contributed by atoms with Crippen LogP contribution < -0.4 is 4.89 Å². The molecule has 0 N–H and O–H groups in total. The fraction of sp³-hybridized carbons (Fsp3) is 0.938. The summed E-state index contributed by atoms with van der Waals surface area (Å²) in [6, 6.07) is 0. The van der Waals surface area contributed by atoms with E-state index in [0.717, 1.165) is 32.1 Å². The molecule has 2 atom stereocenters. The van der Waals surface area contributed by atoms with Crippen molar-refractivity contribution in [2.45, 2.75) is 341 Å². The summed E-state index contributed by atoms with van der Waals surface area (Å²) in [6.07, 6.45) is 67.7. The zero-order valence-corrected chi connectivity index (χ0v) is 51.0. The van der Waals surface area contributed by atoms with Gasteiger partial charge < -0.3 is 27.9 Å². The predicted octanol–water partition coefficient (Wildman–Crippen LogP) is 19.8. The Morgan fingerprint density at radius 2 is 0.689 bits per heavy atom. The molecule has 0 aromatic carbocycles. The molecular weight excluding hydrogens is 942 g/mol. The minimum Gasteiger partial charge on any atom is -0.756 e. The number of hydrogen-bond donors (Lipinski definition) is 0. The van der Waals surface area contributed by atoms with Crippen LogP contribution in [0.15, 0.2) is 12.2 Å². The summed E-state index contributed by atoms with van der Waals surface area (Å²) in [5.41, 5.74) is 0. The van der Waals surface area contributed by atoms with Gasteiger partial charge in [0.2, 0.25) is 0 Å². The average molecular weight is 1070 g/mol. The Morgan fingerprint density at radius 3 is 1.00 bits per heavy atom. The molecule has 0 aliphatic heterocycles. The van der Waals surface area contributed by atoms with Gasteiger partial charge in [0.05, 0.1) is 27.7 Å². The second kappa shape index (κ2) is 56.5. The highest BCUT2D eigenvalue weighted by Gasteiger charge is 2.22. The molecule has 0 aromatic rings. The third-order valence-corrected chi connectivity index (χ3v) is 15.7. The van der Waals surface area contributed by atoms with E-state index in [1.165, 1.54) is 270 Å². The van der Waals surface area contributed by atoms with E-state index in [-0.39, 0.29) is 32.0 Å². The van der Waals surface area contributed by atoms with Crippen molar-refractivity contribution in [3.05, 3.63) is 12.2 Å². The molecule has 0 fully saturated rings. The fourth-order valence-corrected chi connectivity index (χ4v) is 10.5. The lowest BCUT2D eigenvalue weighted by Gasteiger charge is -2.28. The number of nitrogens with zero attached hydrogens (tertiary/aromatic N) is 1. The van der Waals surface area contributed by atoms with Gasteiger partial charge in [-0.2, -0.15) is 0 Å². The van der Waals surface area contributed by atoms with Crippen molar-refractivity contribution < 1.29 is 42.1 Å². The maximum absolute atomic E-state index is 12.8. The normalized spacial score (nSPS) is 13.2. The number of esters is 2. The lowest BCUT2D eigenvalue weighted by Crippen LogP contribution is -2.37. The van der Waals surface area contributed by atoms with Gasteiger partial charge in [0.25, 0.3) is 7.82 Å². The van der Waals surface area contributed by atoms with E-state index >= 15 is 0 Å². The topological polar surface area (TPSA) is 111 Å². The number of hydrogen-bond acceptors (Lipinski definition) is 8. The van der Waals surface area contributed by atoms with E-state index in [2.05, 4.69) is 26.0 Å². The molecule has 0 bridgehead atoms. The van der Waals surface area contributed by atoms with Crippen LogP contribution in [-0.4, -0.2) is 70.0 Å². The van der Waals surface area contributed by atoms with Gasteiger partial charge in [-0.3, -0.25) is 14.2 Å². The van der Waals surface area contributed by atoms with Crippen LogP contribution in [0.5, 0.6) is 0 Å². The van der Waals surface area contributed by atoms with Crippen molar-refractivity contribution in [1.29, 1.82) is 0 Å². The first-order chi connectivity index (χ1) is 36.0. The second-order valence-electron chi connectivity index (χ2n) is 23.5.